The van der Waals surface area contributed by atoms with Crippen LogP contribution in [-0.4, -0.2) is 23.5 Å². The molecule has 17 heavy (non-hydrogen) atoms. The first-order valence-corrected chi connectivity index (χ1v) is 5.61. The summed E-state index contributed by atoms with van der Waals surface area (Å²) in [6.07, 6.45) is 3.31. The first-order valence-electron chi connectivity index (χ1n) is 5.61. The third-order valence-corrected chi connectivity index (χ3v) is 2.32. The van der Waals surface area contributed by atoms with E-state index in [4.69, 9.17) is 4.42 Å². The SMILES string of the molecule is C=CCNC(=O)C(C)NC(C)c1ncc(C)o1. The highest BCUT2D eigenvalue weighted by Crippen LogP contribution is 2.12. The molecule has 0 aliphatic carbocycles. The number of aromatic nitrogens is 1. The van der Waals surface area contributed by atoms with Crippen LogP contribution in [0.25, 0.3) is 0 Å². The van der Waals surface area contributed by atoms with E-state index < -0.39 is 0 Å². The van der Waals surface area contributed by atoms with Crippen LogP contribution in [0.15, 0.2) is 23.3 Å². The van der Waals surface area contributed by atoms with Gasteiger partial charge in [-0.15, -0.1) is 6.58 Å². The summed E-state index contributed by atoms with van der Waals surface area (Å²) >= 11 is 0. The number of hydrogen-bond acceptors (Lipinski definition) is 4. The van der Waals surface area contributed by atoms with Crippen LogP contribution in [0.1, 0.15) is 31.5 Å². The van der Waals surface area contributed by atoms with Crippen LogP contribution >= 0.6 is 0 Å². The number of oxazole rings is 1. The standard InChI is InChI=1S/C12H19N3O2/c1-5-6-13-11(16)9(3)15-10(4)12-14-7-8(2)17-12/h5,7,9-10,15H,1,6H2,2-4H3,(H,13,16). The molecule has 2 unspecified atom stereocenters. The molecule has 0 bridgehead atoms. The number of amides is 1. The normalized spacial score (nSPS) is 14.1. The monoisotopic (exact) mass is 237 g/mol. The number of carbonyl (C=O) groups excluding carboxylic acids is 1. The summed E-state index contributed by atoms with van der Waals surface area (Å²) in [4.78, 5) is 15.7. The third kappa shape index (κ3) is 4.03. The summed E-state index contributed by atoms with van der Waals surface area (Å²) in [5, 5.41) is 5.84. The Bertz CT molecular complexity index is 387. The van der Waals surface area contributed by atoms with Crippen molar-refractivity contribution in [1.29, 1.82) is 0 Å². The zero-order valence-electron chi connectivity index (χ0n) is 10.5. The van der Waals surface area contributed by atoms with E-state index in [0.29, 0.717) is 12.4 Å². The molecule has 1 heterocycles. The minimum Gasteiger partial charge on any atom is -0.444 e. The van der Waals surface area contributed by atoms with E-state index in [1.165, 1.54) is 0 Å². The van der Waals surface area contributed by atoms with Gasteiger partial charge in [0.15, 0.2) is 0 Å². The fourth-order valence-corrected chi connectivity index (χ4v) is 1.42. The molecule has 1 aromatic heterocycles. The van der Waals surface area contributed by atoms with E-state index >= 15 is 0 Å². The number of nitrogens with one attached hydrogen (secondary N) is 2. The van der Waals surface area contributed by atoms with Crippen LogP contribution in [0.5, 0.6) is 0 Å². The van der Waals surface area contributed by atoms with Crippen LogP contribution < -0.4 is 10.6 Å². The van der Waals surface area contributed by atoms with Crippen molar-refractivity contribution >= 4 is 5.91 Å². The molecule has 0 radical (unpaired) electrons. The molecule has 0 aliphatic rings. The van der Waals surface area contributed by atoms with Crippen LogP contribution in [0.3, 0.4) is 0 Å². The van der Waals surface area contributed by atoms with Gasteiger partial charge in [0.05, 0.1) is 18.3 Å². The van der Waals surface area contributed by atoms with Crippen molar-refractivity contribution in [2.75, 3.05) is 6.54 Å². The molecule has 94 valence electrons. The quantitative estimate of drug-likeness (QED) is 0.732. The third-order valence-electron chi connectivity index (χ3n) is 2.32. The second-order valence-corrected chi connectivity index (χ2v) is 3.95. The van der Waals surface area contributed by atoms with E-state index in [1.54, 1.807) is 19.2 Å². The summed E-state index contributed by atoms with van der Waals surface area (Å²) in [6.45, 7) is 9.55. The van der Waals surface area contributed by atoms with E-state index in [9.17, 15) is 4.79 Å². The van der Waals surface area contributed by atoms with Crippen molar-refractivity contribution in [2.24, 2.45) is 0 Å². The van der Waals surface area contributed by atoms with E-state index in [1.807, 2.05) is 13.8 Å². The molecule has 1 aromatic rings. The lowest BCUT2D eigenvalue weighted by Gasteiger charge is -2.16. The number of aryl methyl sites for hydroxylation is 1. The van der Waals surface area contributed by atoms with Crippen LogP contribution in [0.4, 0.5) is 0 Å². The topological polar surface area (TPSA) is 67.2 Å². The van der Waals surface area contributed by atoms with Crippen molar-refractivity contribution in [3.63, 3.8) is 0 Å². The summed E-state index contributed by atoms with van der Waals surface area (Å²) in [6, 6.07) is -0.412. The Morgan fingerprint density at radius 3 is 2.88 bits per heavy atom. The smallest absolute Gasteiger partial charge is 0.237 e. The van der Waals surface area contributed by atoms with E-state index in [-0.39, 0.29) is 18.0 Å². The van der Waals surface area contributed by atoms with E-state index in [2.05, 4.69) is 22.2 Å². The highest BCUT2D eigenvalue weighted by atomic mass is 16.4. The number of rotatable bonds is 6. The van der Waals surface area contributed by atoms with Crippen LogP contribution in [-0.2, 0) is 4.79 Å². The van der Waals surface area contributed by atoms with E-state index in [0.717, 1.165) is 5.76 Å². The minimum atomic E-state index is -0.308. The van der Waals surface area contributed by atoms with Crippen molar-refractivity contribution in [3.05, 3.63) is 30.5 Å². The van der Waals surface area contributed by atoms with Gasteiger partial charge in [0.25, 0.3) is 0 Å². The Morgan fingerprint density at radius 2 is 2.35 bits per heavy atom. The summed E-state index contributed by atoms with van der Waals surface area (Å²) in [5.41, 5.74) is 0. The lowest BCUT2D eigenvalue weighted by Crippen LogP contribution is -2.43. The van der Waals surface area contributed by atoms with Crippen LogP contribution in [0.2, 0.25) is 0 Å². The molecule has 0 aromatic carbocycles. The molecule has 0 spiro atoms. The van der Waals surface area contributed by atoms with Crippen molar-refractivity contribution in [2.45, 2.75) is 32.9 Å². The summed E-state index contributed by atoms with van der Waals surface area (Å²) < 4.78 is 5.39. The van der Waals surface area contributed by atoms with Crippen molar-refractivity contribution < 1.29 is 9.21 Å². The predicted molar refractivity (Wildman–Crippen MR) is 65.5 cm³/mol. The lowest BCUT2D eigenvalue weighted by molar-refractivity contribution is -0.122. The van der Waals surface area contributed by atoms with Gasteiger partial charge in [0, 0.05) is 6.54 Å². The second kappa shape index (κ2) is 6.20. The average molecular weight is 237 g/mol. The zero-order valence-corrected chi connectivity index (χ0v) is 10.5. The fourth-order valence-electron chi connectivity index (χ4n) is 1.42. The highest BCUT2D eigenvalue weighted by Gasteiger charge is 2.18. The molecule has 0 fully saturated rings. The highest BCUT2D eigenvalue weighted by molar-refractivity contribution is 5.81. The zero-order chi connectivity index (χ0) is 12.8. The molecule has 0 saturated heterocycles. The largest absolute Gasteiger partial charge is 0.444 e. The maximum absolute atomic E-state index is 11.6. The molecule has 5 nitrogen and oxygen atoms in total. The summed E-state index contributed by atoms with van der Waals surface area (Å²) in [5.74, 6) is 1.28. The second-order valence-electron chi connectivity index (χ2n) is 3.95. The Kier molecular flexibility index (Phi) is 4.90. The molecule has 5 heteroatoms. The number of hydrogen-bond donors (Lipinski definition) is 2. The van der Waals surface area contributed by atoms with Gasteiger partial charge in [-0.1, -0.05) is 6.08 Å². The summed E-state index contributed by atoms with van der Waals surface area (Å²) in [7, 11) is 0. The molecular formula is C12H19N3O2. The Balaban J connectivity index is 2.47. The lowest BCUT2D eigenvalue weighted by atomic mass is 10.2. The first kappa shape index (κ1) is 13.4. The molecule has 1 amide bonds. The van der Waals surface area contributed by atoms with Gasteiger partial charge < -0.3 is 9.73 Å². The van der Waals surface area contributed by atoms with Gasteiger partial charge in [-0.25, -0.2) is 4.98 Å². The predicted octanol–water partition coefficient (Wildman–Crippen LogP) is 1.32. The molecular weight excluding hydrogens is 218 g/mol. The van der Waals surface area contributed by atoms with Crippen LogP contribution in [0, 0.1) is 6.92 Å². The Labute approximate surface area is 101 Å². The fraction of sp³-hybridized carbons (Fsp3) is 0.500. The first-order chi connectivity index (χ1) is 8.04. The molecule has 2 N–H and O–H groups in total. The van der Waals surface area contributed by atoms with Gasteiger partial charge in [-0.3, -0.25) is 10.1 Å². The van der Waals surface area contributed by atoms with Crippen molar-refractivity contribution in [3.8, 4) is 0 Å². The number of carbonyl (C=O) groups is 1. The molecule has 1 rings (SSSR count). The average Bonchev–Trinajstić information content (AvgIpc) is 2.72. The number of nitrogens with zero attached hydrogens (tertiary/aromatic N) is 1. The maximum Gasteiger partial charge on any atom is 0.237 e. The van der Waals surface area contributed by atoms with Gasteiger partial charge in [-0.2, -0.15) is 0 Å². The Hall–Kier alpha value is -1.62. The van der Waals surface area contributed by atoms with Gasteiger partial charge in [0.2, 0.25) is 11.8 Å². The maximum atomic E-state index is 11.6. The molecule has 0 aliphatic heterocycles. The van der Waals surface area contributed by atoms with Gasteiger partial charge >= 0.3 is 0 Å². The minimum absolute atomic E-state index is 0.0694. The van der Waals surface area contributed by atoms with Gasteiger partial charge in [-0.05, 0) is 20.8 Å². The molecule has 0 saturated carbocycles. The Morgan fingerprint density at radius 1 is 1.65 bits per heavy atom. The molecule has 2 atom stereocenters. The van der Waals surface area contributed by atoms with Crippen molar-refractivity contribution in [1.82, 2.24) is 15.6 Å². The van der Waals surface area contributed by atoms with Gasteiger partial charge in [0.1, 0.15) is 5.76 Å².